The molecule has 0 aliphatic rings. The quantitative estimate of drug-likeness (QED) is 0.0612. The maximum Gasteiger partial charge on any atom is 0.344 e. The maximum absolute atomic E-state index is 13.2. The van der Waals surface area contributed by atoms with Crippen LogP contribution >= 0.6 is 0 Å². The Morgan fingerprint density at radius 2 is 1.10 bits per heavy atom. The van der Waals surface area contributed by atoms with Crippen molar-refractivity contribution in [1.29, 1.82) is 0 Å². The van der Waals surface area contributed by atoms with Crippen molar-refractivity contribution in [1.82, 2.24) is 4.31 Å². The standard InChI is InChI=1S/C29H48N2O8S/c1-5-6-7-8-9-10-11-12-13-14-15-16-17-18-19-20-21-30(2)40(36,37)24-22-25(28(32)38-3)27(31(34)35)26(23-24)29(33)39-4/h22-23H,5-21H2,1-4H3. The highest BCUT2D eigenvalue weighted by Crippen LogP contribution is 2.30. The van der Waals surface area contributed by atoms with E-state index in [1.165, 1.54) is 84.1 Å². The lowest BCUT2D eigenvalue weighted by Gasteiger charge is -2.18. The predicted molar refractivity (Wildman–Crippen MR) is 155 cm³/mol. The van der Waals surface area contributed by atoms with Crippen LogP contribution in [0.15, 0.2) is 17.0 Å². The second kappa shape index (κ2) is 19.5. The molecule has 0 amide bonds. The molecular formula is C29H48N2O8S. The van der Waals surface area contributed by atoms with Crippen LogP contribution in [0.3, 0.4) is 0 Å². The van der Waals surface area contributed by atoms with E-state index in [1.807, 2.05) is 0 Å². The highest BCUT2D eigenvalue weighted by molar-refractivity contribution is 7.89. The van der Waals surface area contributed by atoms with Crippen molar-refractivity contribution in [2.75, 3.05) is 27.8 Å². The summed E-state index contributed by atoms with van der Waals surface area (Å²) >= 11 is 0. The van der Waals surface area contributed by atoms with E-state index in [4.69, 9.17) is 0 Å². The average Bonchev–Trinajstić information content (AvgIpc) is 2.94. The lowest BCUT2D eigenvalue weighted by Crippen LogP contribution is -2.28. The first-order valence-electron chi connectivity index (χ1n) is 14.6. The predicted octanol–water partition coefficient (Wildman–Crippen LogP) is 7.05. The van der Waals surface area contributed by atoms with Gasteiger partial charge in [0.15, 0.2) is 0 Å². The fraction of sp³-hybridized carbons (Fsp3) is 0.724. The first-order valence-corrected chi connectivity index (χ1v) is 16.0. The molecular weight excluding hydrogens is 536 g/mol. The highest BCUT2D eigenvalue weighted by atomic mass is 32.2. The van der Waals surface area contributed by atoms with Gasteiger partial charge in [-0.1, -0.05) is 103 Å². The molecule has 0 atom stereocenters. The summed E-state index contributed by atoms with van der Waals surface area (Å²) in [5.74, 6) is -2.26. The number of hydrogen-bond acceptors (Lipinski definition) is 8. The summed E-state index contributed by atoms with van der Waals surface area (Å²) in [6, 6.07) is 1.74. The molecule has 0 aliphatic carbocycles. The Morgan fingerprint density at radius 3 is 1.43 bits per heavy atom. The average molecular weight is 585 g/mol. The molecule has 228 valence electrons. The van der Waals surface area contributed by atoms with Crippen LogP contribution in [-0.4, -0.2) is 57.4 Å². The number of nitro groups is 1. The number of carbonyl (C=O) groups is 2. The smallest absolute Gasteiger partial charge is 0.344 e. The van der Waals surface area contributed by atoms with Gasteiger partial charge in [-0.05, 0) is 18.6 Å². The van der Waals surface area contributed by atoms with Crippen LogP contribution < -0.4 is 0 Å². The van der Waals surface area contributed by atoms with Crippen LogP contribution in [0.4, 0.5) is 5.69 Å². The Kier molecular flexibility index (Phi) is 17.3. The zero-order valence-electron chi connectivity index (χ0n) is 24.7. The molecule has 1 aromatic carbocycles. The van der Waals surface area contributed by atoms with Gasteiger partial charge in [-0.3, -0.25) is 10.1 Å². The topological polar surface area (TPSA) is 133 Å². The van der Waals surface area contributed by atoms with Crippen molar-refractivity contribution in [3.63, 3.8) is 0 Å². The van der Waals surface area contributed by atoms with E-state index in [0.29, 0.717) is 6.42 Å². The number of sulfonamides is 1. The van der Waals surface area contributed by atoms with Gasteiger partial charge in [0.1, 0.15) is 11.1 Å². The van der Waals surface area contributed by atoms with Gasteiger partial charge in [-0.2, -0.15) is 0 Å². The minimum absolute atomic E-state index is 0.235. The minimum Gasteiger partial charge on any atom is -0.465 e. The SMILES string of the molecule is CCCCCCCCCCCCCCCCCCN(C)S(=O)(=O)c1cc(C(=O)OC)c([N+](=O)[O-])c(C(=O)OC)c1. The van der Waals surface area contributed by atoms with Crippen LogP contribution in [0.25, 0.3) is 0 Å². The van der Waals surface area contributed by atoms with Gasteiger partial charge in [0.2, 0.25) is 10.0 Å². The number of hydrogen-bond donors (Lipinski definition) is 0. The number of carbonyl (C=O) groups excluding carboxylic acids is 2. The molecule has 0 aliphatic heterocycles. The van der Waals surface area contributed by atoms with Crippen LogP contribution in [0.1, 0.15) is 130 Å². The second-order valence-corrected chi connectivity index (χ2v) is 12.3. The fourth-order valence-corrected chi connectivity index (χ4v) is 5.93. The largest absolute Gasteiger partial charge is 0.465 e. The maximum atomic E-state index is 13.2. The zero-order valence-corrected chi connectivity index (χ0v) is 25.6. The molecule has 0 saturated heterocycles. The Hall–Kier alpha value is -2.53. The Morgan fingerprint density at radius 1 is 0.750 bits per heavy atom. The Bertz CT molecular complexity index is 1010. The highest BCUT2D eigenvalue weighted by Gasteiger charge is 2.34. The molecule has 1 aromatic rings. The van der Waals surface area contributed by atoms with E-state index in [2.05, 4.69) is 16.4 Å². The molecule has 11 heteroatoms. The lowest BCUT2D eigenvalue weighted by molar-refractivity contribution is -0.385. The number of rotatable bonds is 22. The van der Waals surface area contributed by atoms with Crippen molar-refractivity contribution < 1.29 is 32.4 Å². The molecule has 40 heavy (non-hydrogen) atoms. The number of unbranched alkanes of at least 4 members (excludes halogenated alkanes) is 15. The molecule has 0 spiro atoms. The summed E-state index contributed by atoms with van der Waals surface area (Å²) in [6.45, 7) is 2.48. The van der Waals surface area contributed by atoms with Crippen LogP contribution in [0.5, 0.6) is 0 Å². The summed E-state index contributed by atoms with van der Waals surface area (Å²) in [7, 11) is -0.718. The van der Waals surface area contributed by atoms with Gasteiger partial charge in [0, 0.05) is 13.6 Å². The third-order valence-corrected chi connectivity index (χ3v) is 8.95. The van der Waals surface area contributed by atoms with Crippen LogP contribution in [0.2, 0.25) is 0 Å². The number of nitro benzene ring substituents is 1. The first-order chi connectivity index (χ1) is 19.1. The van der Waals surface area contributed by atoms with Gasteiger partial charge in [0.25, 0.3) is 5.69 Å². The van der Waals surface area contributed by atoms with E-state index in [9.17, 15) is 28.1 Å². The van der Waals surface area contributed by atoms with E-state index < -0.39 is 48.6 Å². The van der Waals surface area contributed by atoms with Crippen LogP contribution in [-0.2, 0) is 19.5 Å². The Labute approximate surface area is 240 Å². The van der Waals surface area contributed by atoms with Crippen molar-refractivity contribution in [3.8, 4) is 0 Å². The van der Waals surface area contributed by atoms with Gasteiger partial charge in [-0.25, -0.2) is 22.3 Å². The van der Waals surface area contributed by atoms with Gasteiger partial charge < -0.3 is 9.47 Å². The van der Waals surface area contributed by atoms with E-state index >= 15 is 0 Å². The van der Waals surface area contributed by atoms with Gasteiger partial charge >= 0.3 is 11.9 Å². The molecule has 0 unspecified atom stereocenters. The van der Waals surface area contributed by atoms with Crippen molar-refractivity contribution in [3.05, 3.63) is 33.4 Å². The van der Waals surface area contributed by atoms with E-state index in [0.717, 1.165) is 49.9 Å². The van der Waals surface area contributed by atoms with E-state index in [-0.39, 0.29) is 6.54 Å². The fourth-order valence-electron chi connectivity index (χ4n) is 4.67. The third-order valence-electron chi connectivity index (χ3n) is 7.11. The summed E-state index contributed by atoms with van der Waals surface area (Å²) < 4.78 is 36.7. The summed E-state index contributed by atoms with van der Waals surface area (Å²) in [5.41, 5.74) is -2.13. The third kappa shape index (κ3) is 11.9. The van der Waals surface area contributed by atoms with Crippen molar-refractivity contribution in [2.24, 2.45) is 0 Å². The second-order valence-electron chi connectivity index (χ2n) is 10.2. The molecule has 10 nitrogen and oxygen atoms in total. The number of ether oxygens (including phenoxy) is 2. The number of methoxy groups -OCH3 is 2. The molecule has 0 radical (unpaired) electrons. The van der Waals surface area contributed by atoms with Crippen molar-refractivity contribution in [2.45, 2.75) is 115 Å². The molecule has 0 aromatic heterocycles. The summed E-state index contributed by atoms with van der Waals surface area (Å²) in [4.78, 5) is 34.6. The van der Waals surface area contributed by atoms with Crippen LogP contribution in [0, 0.1) is 10.1 Å². The number of nitrogens with zero attached hydrogens (tertiary/aromatic N) is 2. The lowest BCUT2D eigenvalue weighted by atomic mass is 10.0. The van der Waals surface area contributed by atoms with E-state index in [1.54, 1.807) is 0 Å². The van der Waals surface area contributed by atoms with Crippen molar-refractivity contribution >= 4 is 27.6 Å². The molecule has 1 rings (SSSR count). The molecule has 0 fully saturated rings. The van der Waals surface area contributed by atoms with Gasteiger partial charge in [0.05, 0.1) is 24.0 Å². The molecule has 0 bridgehead atoms. The monoisotopic (exact) mass is 584 g/mol. The molecule has 0 N–H and O–H groups in total. The number of esters is 2. The molecule has 0 heterocycles. The minimum atomic E-state index is -4.14. The van der Waals surface area contributed by atoms with Gasteiger partial charge in [-0.15, -0.1) is 0 Å². The zero-order chi connectivity index (χ0) is 30.0. The molecule has 0 saturated carbocycles. The summed E-state index contributed by atoms with van der Waals surface area (Å²) in [6.07, 6.45) is 19.4. The normalized spacial score (nSPS) is 11.5. The summed E-state index contributed by atoms with van der Waals surface area (Å²) in [5, 5.41) is 11.6. The Balaban J connectivity index is 2.50. The number of benzene rings is 1. The first kappa shape index (κ1) is 35.5.